The number of fused-ring (bicyclic) bond motifs is 1. The van der Waals surface area contributed by atoms with E-state index in [1.807, 2.05) is 13.8 Å². The average molecular weight is 353 g/mol. The van der Waals surface area contributed by atoms with Gasteiger partial charge in [0.1, 0.15) is 5.75 Å². The Morgan fingerprint density at radius 2 is 1.88 bits per heavy atom. The summed E-state index contributed by atoms with van der Waals surface area (Å²) in [6.07, 6.45) is -0.0478. The Hall–Kier alpha value is -1.66. The first-order valence-corrected chi connectivity index (χ1v) is 8.81. The van der Waals surface area contributed by atoms with E-state index in [1.165, 1.54) is 0 Å². The van der Waals surface area contributed by atoms with Crippen LogP contribution in [-0.2, 0) is 16.0 Å². The van der Waals surface area contributed by atoms with Crippen molar-refractivity contribution in [1.82, 2.24) is 4.98 Å². The number of carboxylic acids is 1. The van der Waals surface area contributed by atoms with Crippen LogP contribution in [0.2, 0.25) is 0 Å². The summed E-state index contributed by atoms with van der Waals surface area (Å²) >= 11 is 1.61. The van der Waals surface area contributed by atoms with Gasteiger partial charge < -0.3 is 19.9 Å². The van der Waals surface area contributed by atoms with Gasteiger partial charge in [-0.05, 0) is 32.0 Å². The maximum atomic E-state index is 11.0. The predicted molar refractivity (Wildman–Crippen MR) is 99.1 cm³/mol. The van der Waals surface area contributed by atoms with E-state index < -0.39 is 5.97 Å². The van der Waals surface area contributed by atoms with E-state index in [-0.39, 0.29) is 16.9 Å². The third kappa shape index (κ3) is 6.45. The SMILES string of the molecule is CC(C)(C)Sc1c(CC(=O)O)[nH]c2ccc(O)cc12.CCOCC. The lowest BCUT2D eigenvalue weighted by Gasteiger charge is -2.18. The fourth-order valence-corrected chi connectivity index (χ4v) is 3.25. The molecule has 0 aliphatic heterocycles. The first-order valence-electron chi connectivity index (χ1n) is 8.00. The third-order valence-corrected chi connectivity index (χ3v) is 4.23. The number of rotatable bonds is 5. The number of ether oxygens (including phenoxy) is 1. The van der Waals surface area contributed by atoms with Crippen LogP contribution in [-0.4, -0.2) is 39.1 Å². The number of hydrogen-bond donors (Lipinski definition) is 3. The number of hydrogen-bond acceptors (Lipinski definition) is 4. The van der Waals surface area contributed by atoms with Gasteiger partial charge in [0.15, 0.2) is 0 Å². The van der Waals surface area contributed by atoms with Gasteiger partial charge in [0.2, 0.25) is 0 Å². The maximum absolute atomic E-state index is 11.0. The van der Waals surface area contributed by atoms with Gasteiger partial charge in [0.25, 0.3) is 0 Å². The second-order valence-corrected chi connectivity index (χ2v) is 8.07. The fourth-order valence-electron chi connectivity index (χ4n) is 2.11. The van der Waals surface area contributed by atoms with Gasteiger partial charge >= 0.3 is 5.97 Å². The lowest BCUT2D eigenvalue weighted by Crippen LogP contribution is -2.08. The number of aromatic hydroxyl groups is 1. The minimum absolute atomic E-state index is 0.0339. The molecule has 0 atom stereocenters. The van der Waals surface area contributed by atoms with Gasteiger partial charge in [-0.25, -0.2) is 0 Å². The first kappa shape index (κ1) is 20.4. The van der Waals surface area contributed by atoms with Crippen LogP contribution in [0.3, 0.4) is 0 Å². The second kappa shape index (κ2) is 8.99. The highest BCUT2D eigenvalue weighted by Crippen LogP contribution is 2.40. The van der Waals surface area contributed by atoms with E-state index in [0.717, 1.165) is 29.0 Å². The van der Waals surface area contributed by atoms with E-state index in [4.69, 9.17) is 9.84 Å². The Morgan fingerprint density at radius 3 is 2.33 bits per heavy atom. The summed E-state index contributed by atoms with van der Waals surface area (Å²) in [5.41, 5.74) is 1.54. The fraction of sp³-hybridized carbons (Fsp3) is 0.500. The van der Waals surface area contributed by atoms with Crippen LogP contribution in [0.15, 0.2) is 23.1 Å². The summed E-state index contributed by atoms with van der Waals surface area (Å²) in [4.78, 5) is 15.0. The van der Waals surface area contributed by atoms with Crippen LogP contribution in [0, 0.1) is 0 Å². The minimum Gasteiger partial charge on any atom is -0.508 e. The van der Waals surface area contributed by atoms with Crippen molar-refractivity contribution >= 4 is 28.6 Å². The monoisotopic (exact) mass is 353 g/mol. The first-order chi connectivity index (χ1) is 11.2. The largest absolute Gasteiger partial charge is 0.508 e. The van der Waals surface area contributed by atoms with E-state index in [1.54, 1.807) is 30.0 Å². The number of carboxylic acid groups (broad SMARTS) is 1. The van der Waals surface area contributed by atoms with Crippen molar-refractivity contribution in [2.45, 2.75) is 50.7 Å². The van der Waals surface area contributed by atoms with Crippen molar-refractivity contribution in [3.63, 3.8) is 0 Å². The molecule has 2 aromatic rings. The van der Waals surface area contributed by atoms with Crippen LogP contribution >= 0.6 is 11.8 Å². The molecule has 1 aromatic heterocycles. The zero-order chi connectivity index (χ0) is 18.3. The summed E-state index contributed by atoms with van der Waals surface area (Å²) in [5.74, 6) is -0.685. The van der Waals surface area contributed by atoms with Crippen molar-refractivity contribution in [2.75, 3.05) is 13.2 Å². The lowest BCUT2D eigenvalue weighted by molar-refractivity contribution is -0.136. The summed E-state index contributed by atoms with van der Waals surface area (Å²) < 4.78 is 4.80. The molecular formula is C18H27NO4S. The van der Waals surface area contributed by atoms with Gasteiger partial charge in [-0.2, -0.15) is 0 Å². The van der Waals surface area contributed by atoms with Crippen LogP contribution < -0.4 is 0 Å². The van der Waals surface area contributed by atoms with Gasteiger partial charge in [-0.15, -0.1) is 11.8 Å². The van der Waals surface area contributed by atoms with E-state index in [9.17, 15) is 9.90 Å². The Balaban J connectivity index is 0.000000505. The quantitative estimate of drug-likeness (QED) is 0.693. The number of aromatic amines is 1. The molecule has 134 valence electrons. The molecule has 0 unspecified atom stereocenters. The third-order valence-electron chi connectivity index (χ3n) is 2.95. The summed E-state index contributed by atoms with van der Waals surface area (Å²) in [6.45, 7) is 11.9. The molecule has 24 heavy (non-hydrogen) atoms. The van der Waals surface area contributed by atoms with Crippen LogP contribution in [0.25, 0.3) is 10.9 Å². The van der Waals surface area contributed by atoms with E-state index >= 15 is 0 Å². The Morgan fingerprint density at radius 1 is 1.25 bits per heavy atom. The zero-order valence-corrected chi connectivity index (χ0v) is 15.8. The molecule has 3 N–H and O–H groups in total. The summed E-state index contributed by atoms with van der Waals surface area (Å²) in [7, 11) is 0. The number of benzene rings is 1. The zero-order valence-electron chi connectivity index (χ0n) is 15.0. The number of nitrogens with one attached hydrogen (secondary N) is 1. The number of thioether (sulfide) groups is 1. The molecule has 0 aliphatic carbocycles. The molecule has 0 saturated carbocycles. The average Bonchev–Trinajstić information content (AvgIpc) is 2.75. The Bertz CT molecular complexity index is 671. The molecule has 0 fully saturated rings. The standard InChI is InChI=1S/C14H17NO3S.C4H10O/c1-14(2,3)19-13-9-6-8(16)4-5-10(9)15-11(13)7-12(17)18;1-3-5-4-2/h4-6,15-16H,7H2,1-3H3,(H,17,18);3-4H2,1-2H3. The number of aromatic nitrogens is 1. The molecular weight excluding hydrogens is 326 g/mol. The lowest BCUT2D eigenvalue weighted by atomic mass is 10.2. The molecule has 0 amide bonds. The van der Waals surface area contributed by atoms with E-state index in [0.29, 0.717) is 5.69 Å². The molecule has 0 saturated heterocycles. The number of phenols is 1. The molecule has 6 heteroatoms. The molecule has 1 aromatic carbocycles. The predicted octanol–water partition coefficient (Wildman–Crippen LogP) is 4.43. The van der Waals surface area contributed by atoms with Gasteiger partial charge in [0.05, 0.1) is 6.42 Å². The molecule has 0 spiro atoms. The molecule has 0 bridgehead atoms. The topological polar surface area (TPSA) is 82.5 Å². The Labute approximate surface area is 147 Å². The second-order valence-electron chi connectivity index (χ2n) is 6.23. The van der Waals surface area contributed by atoms with Crippen molar-refractivity contribution in [2.24, 2.45) is 0 Å². The van der Waals surface area contributed by atoms with E-state index in [2.05, 4.69) is 25.8 Å². The van der Waals surface area contributed by atoms with Gasteiger partial charge in [0, 0.05) is 39.5 Å². The van der Waals surface area contributed by atoms with Crippen molar-refractivity contribution in [1.29, 1.82) is 0 Å². The van der Waals surface area contributed by atoms with Gasteiger partial charge in [-0.1, -0.05) is 20.8 Å². The summed E-state index contributed by atoms with van der Waals surface area (Å²) in [6, 6.07) is 5.03. The number of carbonyl (C=O) groups is 1. The molecule has 0 radical (unpaired) electrons. The Kier molecular flexibility index (Phi) is 7.63. The normalized spacial score (nSPS) is 11.2. The maximum Gasteiger partial charge on any atom is 0.309 e. The van der Waals surface area contributed by atoms with Crippen molar-refractivity contribution in [3.8, 4) is 5.75 Å². The number of aliphatic carboxylic acids is 1. The van der Waals surface area contributed by atoms with Crippen molar-refractivity contribution < 1.29 is 19.7 Å². The summed E-state index contributed by atoms with van der Waals surface area (Å²) in [5, 5.41) is 19.5. The smallest absolute Gasteiger partial charge is 0.309 e. The molecule has 2 rings (SSSR count). The van der Waals surface area contributed by atoms with Crippen molar-refractivity contribution in [3.05, 3.63) is 23.9 Å². The van der Waals surface area contributed by atoms with Crippen LogP contribution in [0.5, 0.6) is 5.75 Å². The number of phenolic OH excluding ortho intramolecular Hbond substituents is 1. The highest BCUT2D eigenvalue weighted by atomic mass is 32.2. The molecule has 5 nitrogen and oxygen atoms in total. The van der Waals surface area contributed by atoms with Gasteiger partial charge in [-0.3, -0.25) is 4.79 Å². The minimum atomic E-state index is -0.869. The van der Waals surface area contributed by atoms with Crippen LogP contribution in [0.1, 0.15) is 40.3 Å². The molecule has 1 heterocycles. The highest BCUT2D eigenvalue weighted by Gasteiger charge is 2.20. The number of H-pyrrole nitrogens is 1. The van der Waals surface area contributed by atoms with Crippen LogP contribution in [0.4, 0.5) is 0 Å². The molecule has 0 aliphatic rings. The highest BCUT2D eigenvalue weighted by molar-refractivity contribution is 8.00.